The van der Waals surface area contributed by atoms with Crippen LogP contribution < -0.4 is 14.3 Å². The summed E-state index contributed by atoms with van der Waals surface area (Å²) < 4.78 is 43.2. The molecule has 0 aliphatic carbocycles. The summed E-state index contributed by atoms with van der Waals surface area (Å²) >= 11 is 1.32. The number of fused-ring (bicyclic) bond motifs is 2. The third kappa shape index (κ3) is 2.91. The lowest BCUT2D eigenvalue weighted by Gasteiger charge is -2.18. The van der Waals surface area contributed by atoms with Crippen LogP contribution in [0, 0.1) is 0 Å². The standard InChI is InChI=1S/C17H16N2O4S2/c1-2-19-13-10-14-15(23-9-8-22-14)11-16(13)24-17(19)18-25(20,21)12-6-4-3-5-7-12/h3-7,10-11H,2,8-9H2,1H3/b18-17-. The van der Waals surface area contributed by atoms with Gasteiger partial charge in [-0.3, -0.25) is 0 Å². The Morgan fingerprint density at radius 2 is 1.80 bits per heavy atom. The molecule has 8 heteroatoms. The van der Waals surface area contributed by atoms with Crippen molar-refractivity contribution in [3.8, 4) is 11.5 Å². The first kappa shape index (κ1) is 16.2. The molecule has 0 radical (unpaired) electrons. The minimum absolute atomic E-state index is 0.182. The molecule has 0 unspecified atom stereocenters. The smallest absolute Gasteiger partial charge is 0.285 e. The van der Waals surface area contributed by atoms with Crippen LogP contribution in [0.2, 0.25) is 0 Å². The molecule has 0 saturated carbocycles. The monoisotopic (exact) mass is 376 g/mol. The molecule has 4 rings (SSSR count). The van der Waals surface area contributed by atoms with E-state index in [2.05, 4.69) is 4.40 Å². The third-order valence-electron chi connectivity index (χ3n) is 3.90. The van der Waals surface area contributed by atoms with Gasteiger partial charge >= 0.3 is 0 Å². The van der Waals surface area contributed by atoms with Crippen LogP contribution in [0.4, 0.5) is 0 Å². The molecule has 1 aliphatic heterocycles. The Balaban J connectivity index is 1.93. The highest BCUT2D eigenvalue weighted by Crippen LogP contribution is 2.35. The number of benzene rings is 2. The number of ether oxygens (including phenoxy) is 2. The lowest BCUT2D eigenvalue weighted by Crippen LogP contribution is -2.17. The normalized spacial score (nSPS) is 14.8. The van der Waals surface area contributed by atoms with Crippen molar-refractivity contribution in [3.05, 3.63) is 47.3 Å². The van der Waals surface area contributed by atoms with Crippen molar-refractivity contribution in [1.29, 1.82) is 0 Å². The van der Waals surface area contributed by atoms with Gasteiger partial charge in [0.15, 0.2) is 11.5 Å². The number of thiazole rings is 1. The molecule has 2 aromatic carbocycles. The van der Waals surface area contributed by atoms with Gasteiger partial charge < -0.3 is 14.0 Å². The van der Waals surface area contributed by atoms with Gasteiger partial charge in [-0.25, -0.2) is 0 Å². The van der Waals surface area contributed by atoms with E-state index in [-0.39, 0.29) is 4.90 Å². The fourth-order valence-corrected chi connectivity index (χ4v) is 5.06. The highest BCUT2D eigenvalue weighted by Gasteiger charge is 2.18. The van der Waals surface area contributed by atoms with Crippen LogP contribution in [0.1, 0.15) is 6.92 Å². The first-order valence-electron chi connectivity index (χ1n) is 7.87. The Labute approximate surface area is 149 Å². The molecule has 0 saturated heterocycles. The SMILES string of the molecule is CCn1/c(=N/S(=O)(=O)c2ccccc2)sc2cc3c(cc21)OCCO3. The van der Waals surface area contributed by atoms with Gasteiger partial charge in [0.05, 0.1) is 15.1 Å². The van der Waals surface area contributed by atoms with E-state index in [0.717, 1.165) is 10.2 Å². The molecule has 0 fully saturated rings. The lowest BCUT2D eigenvalue weighted by atomic mass is 10.2. The van der Waals surface area contributed by atoms with Crippen LogP contribution in [0.5, 0.6) is 11.5 Å². The van der Waals surface area contributed by atoms with Crippen molar-refractivity contribution in [2.24, 2.45) is 4.40 Å². The molecule has 6 nitrogen and oxygen atoms in total. The summed E-state index contributed by atoms with van der Waals surface area (Å²) in [5, 5.41) is 0. The van der Waals surface area contributed by atoms with Crippen LogP contribution in [0.15, 0.2) is 51.8 Å². The predicted molar refractivity (Wildman–Crippen MR) is 95.7 cm³/mol. The summed E-state index contributed by atoms with van der Waals surface area (Å²) in [6.45, 7) is 3.57. The molecular weight excluding hydrogens is 360 g/mol. The van der Waals surface area contributed by atoms with Crippen LogP contribution in [0.3, 0.4) is 0 Å². The number of nitrogens with zero attached hydrogens (tertiary/aromatic N) is 2. The maximum atomic E-state index is 12.6. The van der Waals surface area contributed by atoms with E-state index in [0.29, 0.717) is 36.1 Å². The number of hydrogen-bond donors (Lipinski definition) is 0. The molecule has 2 heterocycles. The highest BCUT2D eigenvalue weighted by molar-refractivity contribution is 7.90. The van der Waals surface area contributed by atoms with Crippen molar-refractivity contribution in [2.75, 3.05) is 13.2 Å². The largest absolute Gasteiger partial charge is 0.486 e. The van der Waals surface area contributed by atoms with Crippen molar-refractivity contribution in [2.45, 2.75) is 18.4 Å². The van der Waals surface area contributed by atoms with Gasteiger partial charge in [0.2, 0.25) is 4.80 Å². The molecule has 0 amide bonds. The molecule has 0 bridgehead atoms. The van der Waals surface area contributed by atoms with E-state index in [9.17, 15) is 8.42 Å². The molecular formula is C17H16N2O4S2. The number of sulfonamides is 1. The summed E-state index contributed by atoms with van der Waals surface area (Å²) in [6, 6.07) is 12.0. The topological polar surface area (TPSA) is 69.9 Å². The van der Waals surface area contributed by atoms with Gasteiger partial charge in [0, 0.05) is 18.7 Å². The molecule has 3 aromatic rings. The third-order valence-corrected chi connectivity index (χ3v) is 6.34. The second-order valence-corrected chi connectivity index (χ2v) is 8.09. The van der Waals surface area contributed by atoms with Gasteiger partial charge in [-0.15, -0.1) is 4.40 Å². The van der Waals surface area contributed by atoms with Crippen molar-refractivity contribution >= 4 is 31.6 Å². The Morgan fingerprint density at radius 3 is 2.48 bits per heavy atom. The number of aryl methyl sites for hydroxylation is 1. The fraction of sp³-hybridized carbons (Fsp3) is 0.235. The van der Waals surface area contributed by atoms with Crippen molar-refractivity contribution in [1.82, 2.24) is 4.57 Å². The number of hydrogen-bond acceptors (Lipinski definition) is 5. The van der Waals surface area contributed by atoms with Crippen LogP contribution >= 0.6 is 11.3 Å². The minimum atomic E-state index is -3.76. The Kier molecular flexibility index (Phi) is 4.01. The van der Waals surface area contributed by atoms with Crippen LogP contribution in [0.25, 0.3) is 10.2 Å². The molecule has 0 atom stereocenters. The summed E-state index contributed by atoms with van der Waals surface area (Å²) in [7, 11) is -3.76. The van der Waals surface area contributed by atoms with E-state index in [1.54, 1.807) is 30.3 Å². The van der Waals surface area contributed by atoms with E-state index >= 15 is 0 Å². The van der Waals surface area contributed by atoms with Gasteiger partial charge in [-0.05, 0) is 19.1 Å². The van der Waals surface area contributed by atoms with Gasteiger partial charge in [0.1, 0.15) is 13.2 Å². The Bertz CT molecular complexity index is 1100. The maximum absolute atomic E-state index is 12.6. The Morgan fingerprint density at radius 1 is 1.12 bits per heavy atom. The van der Waals surface area contributed by atoms with Crippen molar-refractivity contribution < 1.29 is 17.9 Å². The minimum Gasteiger partial charge on any atom is -0.486 e. The Hall–Kier alpha value is -2.32. The average molecular weight is 376 g/mol. The fourth-order valence-electron chi connectivity index (χ4n) is 2.73. The van der Waals surface area contributed by atoms with Gasteiger partial charge in [-0.1, -0.05) is 29.5 Å². The van der Waals surface area contributed by atoms with E-state index < -0.39 is 10.0 Å². The summed E-state index contributed by atoms with van der Waals surface area (Å²) in [4.78, 5) is 0.616. The zero-order valence-corrected chi connectivity index (χ0v) is 15.1. The summed E-state index contributed by atoms with van der Waals surface area (Å²) in [6.07, 6.45) is 0. The second kappa shape index (κ2) is 6.20. The van der Waals surface area contributed by atoms with Crippen molar-refractivity contribution in [3.63, 3.8) is 0 Å². The predicted octanol–water partition coefficient (Wildman–Crippen LogP) is 2.78. The highest BCUT2D eigenvalue weighted by atomic mass is 32.2. The van der Waals surface area contributed by atoms with E-state index in [1.165, 1.54) is 11.3 Å². The molecule has 25 heavy (non-hydrogen) atoms. The van der Waals surface area contributed by atoms with E-state index in [4.69, 9.17) is 9.47 Å². The summed E-state index contributed by atoms with van der Waals surface area (Å²) in [5.74, 6) is 1.36. The molecule has 0 N–H and O–H groups in total. The van der Waals surface area contributed by atoms with Gasteiger partial charge in [-0.2, -0.15) is 8.42 Å². The molecule has 1 aliphatic rings. The molecule has 130 valence electrons. The first-order valence-corrected chi connectivity index (χ1v) is 10.1. The first-order chi connectivity index (χ1) is 12.1. The lowest BCUT2D eigenvalue weighted by molar-refractivity contribution is 0.172. The van der Waals surface area contributed by atoms with Crippen LogP contribution in [-0.4, -0.2) is 26.2 Å². The van der Waals surface area contributed by atoms with Crippen LogP contribution in [-0.2, 0) is 16.6 Å². The number of rotatable bonds is 3. The summed E-state index contributed by atoms with van der Waals surface area (Å²) in [5.41, 5.74) is 0.888. The number of aromatic nitrogens is 1. The quantitative estimate of drug-likeness (QED) is 0.705. The molecule has 0 spiro atoms. The zero-order chi connectivity index (χ0) is 17.4. The second-order valence-electron chi connectivity index (χ2n) is 5.47. The average Bonchev–Trinajstić information content (AvgIpc) is 2.95. The van der Waals surface area contributed by atoms with E-state index in [1.807, 2.05) is 23.6 Å². The van der Waals surface area contributed by atoms with Gasteiger partial charge in [0.25, 0.3) is 10.0 Å². The maximum Gasteiger partial charge on any atom is 0.285 e. The zero-order valence-electron chi connectivity index (χ0n) is 13.5. The molecule has 1 aromatic heterocycles.